The van der Waals surface area contributed by atoms with Crippen molar-refractivity contribution in [2.75, 3.05) is 0 Å². The predicted octanol–water partition coefficient (Wildman–Crippen LogP) is 3.54. The molecule has 0 atom stereocenters. The standard InChI is InChI=1S/C17H24N2O4/c1-16(2,3)19(14(20)21)17(4,5)10-11-18-12-8-6-7-9-13(12)23-15(18)22/h6-9H,10-11H2,1-5H3,(H,20,21). The van der Waals surface area contributed by atoms with Gasteiger partial charge in [-0.2, -0.15) is 0 Å². The Bertz CT molecular complexity index is 765. The van der Waals surface area contributed by atoms with Crippen LogP contribution in [0.25, 0.3) is 11.1 Å². The number of hydrogen-bond donors (Lipinski definition) is 1. The maximum Gasteiger partial charge on any atom is 0.419 e. The third kappa shape index (κ3) is 3.41. The molecule has 1 aromatic heterocycles. The minimum absolute atomic E-state index is 0.392. The van der Waals surface area contributed by atoms with Gasteiger partial charge in [0.05, 0.1) is 5.52 Å². The van der Waals surface area contributed by atoms with Crippen molar-refractivity contribution < 1.29 is 14.3 Å². The van der Waals surface area contributed by atoms with Crippen LogP contribution in [-0.2, 0) is 6.54 Å². The molecule has 0 bridgehead atoms. The Hall–Kier alpha value is -2.24. The molecule has 2 aromatic rings. The van der Waals surface area contributed by atoms with E-state index in [4.69, 9.17) is 4.42 Å². The first-order valence-corrected chi connectivity index (χ1v) is 7.66. The lowest BCUT2D eigenvalue weighted by Crippen LogP contribution is -2.57. The molecule has 6 heteroatoms. The second-order valence-corrected chi connectivity index (χ2v) is 7.34. The lowest BCUT2D eigenvalue weighted by atomic mass is 9.92. The van der Waals surface area contributed by atoms with Crippen LogP contribution in [0.5, 0.6) is 0 Å². The van der Waals surface area contributed by atoms with E-state index in [1.54, 1.807) is 10.6 Å². The summed E-state index contributed by atoms with van der Waals surface area (Å²) in [5.41, 5.74) is 0.118. The number of nitrogens with zero attached hydrogens (tertiary/aromatic N) is 2. The number of aryl methyl sites for hydroxylation is 1. The largest absolute Gasteiger partial charge is 0.465 e. The fourth-order valence-corrected chi connectivity index (χ4v) is 3.18. The van der Waals surface area contributed by atoms with Crippen LogP contribution in [-0.4, -0.2) is 31.7 Å². The average Bonchev–Trinajstić information content (AvgIpc) is 2.69. The highest BCUT2D eigenvalue weighted by Gasteiger charge is 2.38. The number of oxazole rings is 1. The lowest BCUT2D eigenvalue weighted by Gasteiger charge is -2.45. The topological polar surface area (TPSA) is 75.7 Å². The number of carboxylic acid groups (broad SMARTS) is 1. The molecule has 0 saturated carbocycles. The van der Waals surface area contributed by atoms with Gasteiger partial charge in [0.1, 0.15) is 0 Å². The van der Waals surface area contributed by atoms with Gasteiger partial charge in [0.15, 0.2) is 5.58 Å². The van der Waals surface area contributed by atoms with Crippen LogP contribution < -0.4 is 5.76 Å². The summed E-state index contributed by atoms with van der Waals surface area (Å²) in [6.07, 6.45) is -0.466. The SMILES string of the molecule is CC(C)(C)N(C(=O)O)C(C)(C)CCn1c(=O)oc2ccccc21. The van der Waals surface area contributed by atoms with Crippen LogP contribution in [0, 0.1) is 0 Å². The zero-order valence-corrected chi connectivity index (χ0v) is 14.3. The smallest absolute Gasteiger partial charge is 0.419 e. The van der Waals surface area contributed by atoms with Gasteiger partial charge in [0, 0.05) is 17.6 Å². The van der Waals surface area contributed by atoms with E-state index in [9.17, 15) is 14.7 Å². The molecule has 23 heavy (non-hydrogen) atoms. The molecule has 0 aliphatic rings. The van der Waals surface area contributed by atoms with Gasteiger partial charge in [-0.1, -0.05) is 12.1 Å². The highest BCUT2D eigenvalue weighted by Crippen LogP contribution is 2.28. The third-order valence-corrected chi connectivity index (χ3v) is 3.99. The predicted molar refractivity (Wildman–Crippen MR) is 88.8 cm³/mol. The summed E-state index contributed by atoms with van der Waals surface area (Å²) in [4.78, 5) is 25.1. The minimum Gasteiger partial charge on any atom is -0.465 e. The van der Waals surface area contributed by atoms with Gasteiger partial charge >= 0.3 is 11.8 Å². The summed E-state index contributed by atoms with van der Waals surface area (Å²) in [5.74, 6) is -0.417. The van der Waals surface area contributed by atoms with Gasteiger partial charge in [-0.3, -0.25) is 9.47 Å². The van der Waals surface area contributed by atoms with Crippen molar-refractivity contribution in [3.05, 3.63) is 34.8 Å². The number of carbonyl (C=O) groups is 1. The first-order chi connectivity index (χ1) is 10.5. The van der Waals surface area contributed by atoms with E-state index in [-0.39, 0.29) is 0 Å². The molecule has 1 amide bonds. The number of fused-ring (bicyclic) bond motifs is 1. The van der Waals surface area contributed by atoms with Crippen molar-refractivity contribution in [2.24, 2.45) is 0 Å². The van der Waals surface area contributed by atoms with Crippen LogP contribution in [0.2, 0.25) is 0 Å². The molecule has 0 aliphatic heterocycles. The molecule has 0 aliphatic carbocycles. The first kappa shape index (κ1) is 17.1. The van der Waals surface area contributed by atoms with Crippen LogP contribution in [0.4, 0.5) is 4.79 Å². The molecular weight excluding hydrogens is 296 g/mol. The van der Waals surface area contributed by atoms with Crippen molar-refractivity contribution in [1.29, 1.82) is 0 Å². The normalized spacial score (nSPS) is 12.6. The van der Waals surface area contributed by atoms with Gasteiger partial charge < -0.3 is 9.52 Å². The van der Waals surface area contributed by atoms with E-state index in [0.717, 1.165) is 5.52 Å². The summed E-state index contributed by atoms with van der Waals surface area (Å²) >= 11 is 0. The van der Waals surface area contributed by atoms with Crippen molar-refractivity contribution in [2.45, 2.75) is 58.7 Å². The van der Waals surface area contributed by atoms with Crippen LogP contribution >= 0.6 is 0 Å². The zero-order chi connectivity index (χ0) is 17.4. The fourth-order valence-electron chi connectivity index (χ4n) is 3.18. The summed E-state index contributed by atoms with van der Waals surface area (Å²) in [6, 6.07) is 7.23. The average molecular weight is 320 g/mol. The van der Waals surface area contributed by atoms with Gasteiger partial charge in [0.25, 0.3) is 0 Å². The van der Waals surface area contributed by atoms with E-state index in [0.29, 0.717) is 18.5 Å². The quantitative estimate of drug-likeness (QED) is 0.935. The molecule has 0 radical (unpaired) electrons. The van der Waals surface area contributed by atoms with E-state index in [2.05, 4.69) is 0 Å². The summed E-state index contributed by atoms with van der Waals surface area (Å²) in [6.45, 7) is 9.73. The van der Waals surface area contributed by atoms with Crippen molar-refractivity contribution in [1.82, 2.24) is 9.47 Å². The number of aromatic nitrogens is 1. The highest BCUT2D eigenvalue weighted by molar-refractivity contribution is 5.72. The Balaban J connectivity index is 2.29. The summed E-state index contributed by atoms with van der Waals surface area (Å²) in [5, 5.41) is 9.57. The van der Waals surface area contributed by atoms with E-state index in [1.165, 1.54) is 4.90 Å². The van der Waals surface area contributed by atoms with Gasteiger partial charge in [0.2, 0.25) is 0 Å². The molecule has 126 valence electrons. The Morgan fingerprint density at radius 2 is 1.83 bits per heavy atom. The van der Waals surface area contributed by atoms with Crippen LogP contribution in [0.1, 0.15) is 41.0 Å². The first-order valence-electron chi connectivity index (χ1n) is 7.66. The number of benzene rings is 1. The Kier molecular flexibility index (Phi) is 4.28. The molecule has 1 aromatic carbocycles. The Morgan fingerprint density at radius 3 is 2.39 bits per heavy atom. The van der Waals surface area contributed by atoms with Gasteiger partial charge in [-0.25, -0.2) is 9.59 Å². The second kappa shape index (κ2) is 5.76. The molecule has 2 rings (SSSR count). The summed E-state index contributed by atoms with van der Waals surface area (Å²) in [7, 11) is 0. The third-order valence-electron chi connectivity index (χ3n) is 3.99. The van der Waals surface area contributed by atoms with Crippen LogP contribution in [0.15, 0.2) is 33.5 Å². The monoisotopic (exact) mass is 320 g/mol. The number of rotatable bonds is 4. The number of amides is 1. The van der Waals surface area contributed by atoms with E-state index in [1.807, 2.05) is 52.8 Å². The Morgan fingerprint density at radius 1 is 1.22 bits per heavy atom. The Labute approximate surface area is 135 Å². The molecule has 6 nitrogen and oxygen atoms in total. The molecule has 0 saturated heterocycles. The molecular formula is C17H24N2O4. The minimum atomic E-state index is -0.966. The van der Waals surface area contributed by atoms with Crippen molar-refractivity contribution in [3.8, 4) is 0 Å². The maximum absolute atomic E-state index is 12.0. The zero-order valence-electron chi connectivity index (χ0n) is 14.3. The molecule has 0 spiro atoms. The molecule has 0 fully saturated rings. The number of para-hydroxylation sites is 2. The van der Waals surface area contributed by atoms with Crippen LogP contribution in [0.3, 0.4) is 0 Å². The molecule has 1 heterocycles. The van der Waals surface area contributed by atoms with Gasteiger partial charge in [-0.15, -0.1) is 0 Å². The van der Waals surface area contributed by atoms with E-state index < -0.39 is 22.9 Å². The maximum atomic E-state index is 12.0. The lowest BCUT2D eigenvalue weighted by molar-refractivity contribution is 0.0271. The number of hydrogen-bond acceptors (Lipinski definition) is 3. The highest BCUT2D eigenvalue weighted by atomic mass is 16.4. The van der Waals surface area contributed by atoms with Crippen molar-refractivity contribution in [3.63, 3.8) is 0 Å². The van der Waals surface area contributed by atoms with Crippen molar-refractivity contribution >= 4 is 17.2 Å². The summed E-state index contributed by atoms with van der Waals surface area (Å²) < 4.78 is 6.77. The second-order valence-electron chi connectivity index (χ2n) is 7.34. The van der Waals surface area contributed by atoms with Gasteiger partial charge in [-0.05, 0) is 53.2 Å². The van der Waals surface area contributed by atoms with E-state index >= 15 is 0 Å². The fraction of sp³-hybridized carbons (Fsp3) is 0.529. The molecule has 0 unspecified atom stereocenters. The molecule has 1 N–H and O–H groups in total.